The fourth-order valence-corrected chi connectivity index (χ4v) is 5.88. The summed E-state index contributed by atoms with van der Waals surface area (Å²) < 4.78 is 6.42. The molecule has 2 heterocycles. The van der Waals surface area contributed by atoms with Crippen molar-refractivity contribution >= 4 is 11.6 Å². The van der Waals surface area contributed by atoms with Crippen LogP contribution in [0.4, 0.5) is 0 Å². The lowest BCUT2D eigenvalue weighted by Crippen LogP contribution is -2.44. The highest BCUT2D eigenvalue weighted by atomic mass is 16.5. The third-order valence-corrected chi connectivity index (χ3v) is 7.36. The standard InChI is InChI=1S/C23H25NO4/c1-23-5-4-14-9-16-18(26)7-13(12-25)8-20(16)28-22(14)17(23)10-19(27)21(23)15-3-2-6-24-11-15/h2-3,6,9,11,13,17,21-22,25H,4-5,7-8,10,12H2,1H3/t13?,17-,21-,22+,23-/m0/s1. The Kier molecular flexibility index (Phi) is 4.05. The van der Waals surface area contributed by atoms with Gasteiger partial charge < -0.3 is 9.84 Å². The van der Waals surface area contributed by atoms with Gasteiger partial charge >= 0.3 is 0 Å². The van der Waals surface area contributed by atoms with Gasteiger partial charge in [-0.1, -0.05) is 13.0 Å². The molecular formula is C23H25NO4. The molecule has 0 radical (unpaired) electrons. The lowest BCUT2D eigenvalue weighted by atomic mass is 9.61. The first kappa shape index (κ1) is 17.8. The van der Waals surface area contributed by atoms with Crippen molar-refractivity contribution < 1.29 is 19.4 Å². The Balaban J connectivity index is 1.49. The maximum absolute atomic E-state index is 13.1. The van der Waals surface area contributed by atoms with E-state index in [0.29, 0.717) is 30.6 Å². The van der Waals surface area contributed by atoms with Crippen LogP contribution in [0.25, 0.3) is 0 Å². The number of ether oxygens (including phenoxy) is 1. The van der Waals surface area contributed by atoms with Crippen LogP contribution in [0.5, 0.6) is 0 Å². The normalized spacial score (nSPS) is 37.0. The molecule has 0 spiro atoms. The number of carbonyl (C=O) groups is 2. The van der Waals surface area contributed by atoms with Gasteiger partial charge in [-0.05, 0) is 47.5 Å². The smallest absolute Gasteiger partial charge is 0.166 e. The molecule has 4 aliphatic rings. The summed E-state index contributed by atoms with van der Waals surface area (Å²) >= 11 is 0. The molecule has 2 fully saturated rings. The number of carbonyl (C=O) groups excluding carboxylic acids is 2. The molecule has 1 aromatic heterocycles. The van der Waals surface area contributed by atoms with E-state index in [1.165, 1.54) is 0 Å². The van der Waals surface area contributed by atoms with Gasteiger partial charge in [0.15, 0.2) is 5.78 Å². The number of nitrogens with zero attached hydrogens (tertiary/aromatic N) is 1. The van der Waals surface area contributed by atoms with Gasteiger partial charge in [0, 0.05) is 50.1 Å². The molecule has 5 rings (SSSR count). The molecule has 1 unspecified atom stereocenters. The molecule has 2 saturated carbocycles. The summed E-state index contributed by atoms with van der Waals surface area (Å²) in [6, 6.07) is 3.90. The van der Waals surface area contributed by atoms with Crippen molar-refractivity contribution in [2.24, 2.45) is 17.3 Å². The van der Waals surface area contributed by atoms with Crippen molar-refractivity contribution in [1.29, 1.82) is 0 Å². The molecule has 28 heavy (non-hydrogen) atoms. The van der Waals surface area contributed by atoms with Crippen molar-refractivity contribution in [2.45, 2.75) is 51.0 Å². The van der Waals surface area contributed by atoms with E-state index in [1.807, 2.05) is 24.4 Å². The van der Waals surface area contributed by atoms with Crippen LogP contribution in [0, 0.1) is 17.3 Å². The van der Waals surface area contributed by atoms with Crippen LogP contribution in [0.1, 0.15) is 50.5 Å². The Morgan fingerprint density at radius 1 is 1.29 bits per heavy atom. The summed E-state index contributed by atoms with van der Waals surface area (Å²) in [4.78, 5) is 29.8. The molecule has 1 N–H and O–H groups in total. The lowest BCUT2D eigenvalue weighted by Gasteiger charge is -2.47. The Morgan fingerprint density at radius 3 is 2.89 bits per heavy atom. The number of aliphatic hydroxyl groups excluding tert-OH is 1. The van der Waals surface area contributed by atoms with Crippen LogP contribution in [0.15, 0.2) is 47.5 Å². The Hall–Kier alpha value is -2.27. The minimum atomic E-state index is -0.171. The predicted molar refractivity (Wildman–Crippen MR) is 102 cm³/mol. The molecule has 5 atom stereocenters. The predicted octanol–water partition coefficient (Wildman–Crippen LogP) is 3.11. The van der Waals surface area contributed by atoms with Crippen LogP contribution in [-0.2, 0) is 14.3 Å². The number of hydrogen-bond donors (Lipinski definition) is 1. The van der Waals surface area contributed by atoms with Gasteiger partial charge in [0.2, 0.25) is 0 Å². The highest BCUT2D eigenvalue weighted by molar-refractivity contribution is 6.00. The fourth-order valence-electron chi connectivity index (χ4n) is 5.88. The first-order valence-corrected chi connectivity index (χ1v) is 10.2. The van der Waals surface area contributed by atoms with Crippen molar-refractivity contribution in [2.75, 3.05) is 6.61 Å². The van der Waals surface area contributed by atoms with E-state index in [1.54, 1.807) is 6.20 Å². The number of fused-ring (bicyclic) bond motifs is 3. The molecule has 5 heteroatoms. The summed E-state index contributed by atoms with van der Waals surface area (Å²) in [7, 11) is 0. The largest absolute Gasteiger partial charge is 0.489 e. The molecular weight excluding hydrogens is 354 g/mol. The Labute approximate surface area is 164 Å². The van der Waals surface area contributed by atoms with E-state index in [9.17, 15) is 14.7 Å². The number of hydrogen-bond acceptors (Lipinski definition) is 5. The van der Waals surface area contributed by atoms with Gasteiger partial charge in [-0.15, -0.1) is 0 Å². The summed E-state index contributed by atoms with van der Waals surface area (Å²) in [5.74, 6) is 0.928. The molecule has 1 aromatic rings. The monoisotopic (exact) mass is 379 g/mol. The molecule has 0 aromatic carbocycles. The highest BCUT2D eigenvalue weighted by Gasteiger charge is 2.58. The Bertz CT molecular complexity index is 902. The van der Waals surface area contributed by atoms with E-state index in [2.05, 4.69) is 11.9 Å². The first-order valence-electron chi connectivity index (χ1n) is 10.2. The van der Waals surface area contributed by atoms with Crippen molar-refractivity contribution in [3.63, 3.8) is 0 Å². The second-order valence-corrected chi connectivity index (χ2v) is 8.98. The second-order valence-electron chi connectivity index (χ2n) is 8.98. The number of Topliss-reactive ketones (excluding diaryl/α,β-unsaturated/α-hetero) is 2. The van der Waals surface area contributed by atoms with Crippen molar-refractivity contribution in [3.8, 4) is 0 Å². The molecule has 0 bridgehead atoms. The molecule has 3 aliphatic carbocycles. The quantitative estimate of drug-likeness (QED) is 0.854. The first-order chi connectivity index (χ1) is 13.5. The van der Waals surface area contributed by atoms with Gasteiger partial charge in [-0.25, -0.2) is 0 Å². The van der Waals surface area contributed by atoms with Crippen molar-refractivity contribution in [1.82, 2.24) is 4.98 Å². The third kappa shape index (κ3) is 2.52. The number of rotatable bonds is 2. The van der Waals surface area contributed by atoms with E-state index in [-0.39, 0.29) is 47.4 Å². The van der Waals surface area contributed by atoms with Crippen LogP contribution < -0.4 is 0 Å². The average molecular weight is 379 g/mol. The highest BCUT2D eigenvalue weighted by Crippen LogP contribution is 2.60. The maximum atomic E-state index is 13.1. The zero-order valence-electron chi connectivity index (χ0n) is 16.1. The van der Waals surface area contributed by atoms with Gasteiger partial charge in [0.25, 0.3) is 0 Å². The van der Waals surface area contributed by atoms with Crippen molar-refractivity contribution in [3.05, 3.63) is 53.1 Å². The minimum absolute atomic E-state index is 0.00414. The number of aromatic nitrogens is 1. The minimum Gasteiger partial charge on any atom is -0.489 e. The van der Waals surface area contributed by atoms with Crippen LogP contribution in [-0.4, -0.2) is 34.4 Å². The second kappa shape index (κ2) is 6.38. The van der Waals surface area contributed by atoms with E-state index < -0.39 is 0 Å². The molecule has 1 aliphatic heterocycles. The van der Waals surface area contributed by atoms with E-state index in [0.717, 1.165) is 24.0 Å². The summed E-state index contributed by atoms with van der Waals surface area (Å²) in [5.41, 5.74) is 2.66. The molecule has 5 nitrogen and oxygen atoms in total. The zero-order chi connectivity index (χ0) is 19.5. The van der Waals surface area contributed by atoms with E-state index >= 15 is 0 Å². The number of allylic oxidation sites excluding steroid dienone is 3. The summed E-state index contributed by atoms with van der Waals surface area (Å²) in [5, 5.41) is 9.52. The number of pyridine rings is 1. The Morgan fingerprint density at radius 2 is 2.14 bits per heavy atom. The number of aliphatic hydroxyl groups is 1. The topological polar surface area (TPSA) is 76.5 Å². The van der Waals surface area contributed by atoms with E-state index in [4.69, 9.17) is 4.74 Å². The summed E-state index contributed by atoms with van der Waals surface area (Å²) in [6.45, 7) is 2.21. The van der Waals surface area contributed by atoms with Gasteiger partial charge in [0.05, 0.1) is 5.57 Å². The lowest BCUT2D eigenvalue weighted by molar-refractivity contribution is -0.120. The molecule has 0 saturated heterocycles. The van der Waals surface area contributed by atoms with Gasteiger partial charge in [0.1, 0.15) is 17.6 Å². The van der Waals surface area contributed by atoms with Crippen LogP contribution >= 0.6 is 0 Å². The molecule has 146 valence electrons. The third-order valence-electron chi connectivity index (χ3n) is 7.36. The maximum Gasteiger partial charge on any atom is 0.166 e. The zero-order valence-corrected chi connectivity index (χ0v) is 16.1. The van der Waals surface area contributed by atoms with Gasteiger partial charge in [-0.2, -0.15) is 0 Å². The van der Waals surface area contributed by atoms with Crippen LogP contribution in [0.3, 0.4) is 0 Å². The SMILES string of the molecule is C[C@]12CCC3=CC4=C(CC(CO)CC4=O)O[C@H]3[C@@H]1CC(=O)[C@@H]2c1cccnc1. The summed E-state index contributed by atoms with van der Waals surface area (Å²) in [6.07, 6.45) is 8.67. The van der Waals surface area contributed by atoms with Crippen LogP contribution in [0.2, 0.25) is 0 Å². The average Bonchev–Trinajstić information content (AvgIpc) is 2.98. The fraction of sp³-hybridized carbons (Fsp3) is 0.522. The number of ketones is 2. The molecule has 0 amide bonds. The van der Waals surface area contributed by atoms with Gasteiger partial charge in [-0.3, -0.25) is 14.6 Å².